The van der Waals surface area contributed by atoms with E-state index in [0.29, 0.717) is 10.9 Å². The molecule has 0 N–H and O–H groups in total. The Hall–Kier alpha value is -1.13. The molecule has 18 heavy (non-hydrogen) atoms. The Morgan fingerprint density at radius 1 is 1.33 bits per heavy atom. The van der Waals surface area contributed by atoms with Gasteiger partial charge in [0, 0.05) is 6.54 Å². The highest BCUT2D eigenvalue weighted by atomic mass is 32.2. The number of rotatable bonds is 3. The lowest BCUT2D eigenvalue weighted by molar-refractivity contribution is -0.122. The minimum absolute atomic E-state index is 0.0347. The maximum absolute atomic E-state index is 12.1. The molecule has 0 saturated carbocycles. The average Bonchev–Trinajstić information content (AvgIpc) is 2.60. The summed E-state index contributed by atoms with van der Waals surface area (Å²) in [5.74, 6) is 0.0347. The number of thioether (sulfide) groups is 1. The van der Waals surface area contributed by atoms with Gasteiger partial charge in [-0.1, -0.05) is 60.7 Å². The third-order valence-electron chi connectivity index (χ3n) is 2.70. The first-order valence-corrected chi connectivity index (χ1v) is 7.16. The van der Waals surface area contributed by atoms with Crippen molar-refractivity contribution in [1.29, 1.82) is 0 Å². The van der Waals surface area contributed by atoms with Crippen LogP contribution in [-0.2, 0) is 4.79 Å². The first kappa shape index (κ1) is 13.3. The number of hydrogen-bond donors (Lipinski definition) is 0. The standard InChI is InChI=1S/C14H15NOS2/c1-3-8-15-13(16)12(18-14(15)17)9-11-6-4-10(2)5-7-11/h4-7,9H,3,8H2,1-2H3/b12-9+. The summed E-state index contributed by atoms with van der Waals surface area (Å²) < 4.78 is 0.667. The topological polar surface area (TPSA) is 20.3 Å². The number of amides is 1. The van der Waals surface area contributed by atoms with Gasteiger partial charge in [0.25, 0.3) is 5.91 Å². The van der Waals surface area contributed by atoms with Crippen molar-refractivity contribution in [3.63, 3.8) is 0 Å². The van der Waals surface area contributed by atoms with E-state index >= 15 is 0 Å². The molecule has 1 heterocycles. The number of aryl methyl sites for hydroxylation is 1. The van der Waals surface area contributed by atoms with Gasteiger partial charge in [-0.05, 0) is 25.0 Å². The van der Waals surface area contributed by atoms with Gasteiger partial charge in [0.15, 0.2) is 0 Å². The van der Waals surface area contributed by atoms with Gasteiger partial charge in [0.2, 0.25) is 0 Å². The zero-order valence-electron chi connectivity index (χ0n) is 10.5. The number of nitrogens with zero attached hydrogens (tertiary/aromatic N) is 1. The predicted molar refractivity (Wildman–Crippen MR) is 81.3 cm³/mol. The van der Waals surface area contributed by atoms with Crippen molar-refractivity contribution in [2.24, 2.45) is 0 Å². The van der Waals surface area contributed by atoms with Crippen molar-refractivity contribution in [2.45, 2.75) is 20.3 Å². The van der Waals surface area contributed by atoms with Crippen molar-refractivity contribution >= 4 is 40.3 Å². The van der Waals surface area contributed by atoms with Gasteiger partial charge >= 0.3 is 0 Å². The highest BCUT2D eigenvalue weighted by Gasteiger charge is 2.30. The zero-order chi connectivity index (χ0) is 13.1. The SMILES string of the molecule is CCCN1C(=O)/C(=C\c2ccc(C)cc2)SC1=S. The number of carbonyl (C=O) groups excluding carboxylic acids is 1. The molecule has 1 aliphatic rings. The average molecular weight is 277 g/mol. The molecule has 4 heteroatoms. The monoisotopic (exact) mass is 277 g/mol. The van der Waals surface area contributed by atoms with Crippen LogP contribution in [-0.4, -0.2) is 21.7 Å². The Labute approximate surface area is 117 Å². The van der Waals surface area contributed by atoms with Gasteiger partial charge in [-0.25, -0.2) is 0 Å². The Morgan fingerprint density at radius 2 is 2.00 bits per heavy atom. The largest absolute Gasteiger partial charge is 0.293 e. The molecule has 0 atom stereocenters. The minimum atomic E-state index is 0.0347. The Bertz CT molecular complexity index is 505. The molecule has 1 aliphatic heterocycles. The molecular weight excluding hydrogens is 262 g/mol. The Balaban J connectivity index is 2.22. The van der Waals surface area contributed by atoms with E-state index in [-0.39, 0.29) is 5.91 Å². The zero-order valence-corrected chi connectivity index (χ0v) is 12.1. The summed E-state index contributed by atoms with van der Waals surface area (Å²) in [4.78, 5) is 14.5. The van der Waals surface area contributed by atoms with Crippen LogP contribution < -0.4 is 0 Å². The van der Waals surface area contributed by atoms with Crippen LogP contribution in [0.1, 0.15) is 24.5 Å². The summed E-state index contributed by atoms with van der Waals surface area (Å²) in [5, 5.41) is 0. The van der Waals surface area contributed by atoms with Crippen LogP contribution in [0.4, 0.5) is 0 Å². The summed E-state index contributed by atoms with van der Waals surface area (Å²) in [6.45, 7) is 4.79. The molecule has 1 aromatic carbocycles. The molecule has 94 valence electrons. The highest BCUT2D eigenvalue weighted by Crippen LogP contribution is 2.32. The molecule has 0 unspecified atom stereocenters. The van der Waals surface area contributed by atoms with Crippen molar-refractivity contribution < 1.29 is 4.79 Å². The molecule has 1 amide bonds. The van der Waals surface area contributed by atoms with E-state index < -0.39 is 0 Å². The third-order valence-corrected chi connectivity index (χ3v) is 4.07. The van der Waals surface area contributed by atoms with Crippen LogP contribution in [0.15, 0.2) is 29.2 Å². The lowest BCUT2D eigenvalue weighted by atomic mass is 10.1. The van der Waals surface area contributed by atoms with Gasteiger partial charge in [-0.2, -0.15) is 0 Å². The van der Waals surface area contributed by atoms with Crippen LogP contribution >= 0.6 is 24.0 Å². The van der Waals surface area contributed by atoms with Gasteiger partial charge in [-0.15, -0.1) is 0 Å². The molecule has 2 rings (SSSR count). The first-order valence-electron chi connectivity index (χ1n) is 5.94. The maximum atomic E-state index is 12.1. The Morgan fingerprint density at radius 3 is 2.61 bits per heavy atom. The Kier molecular flexibility index (Phi) is 4.19. The molecule has 0 aromatic heterocycles. The van der Waals surface area contributed by atoms with E-state index in [1.54, 1.807) is 4.90 Å². The molecule has 0 aliphatic carbocycles. The fourth-order valence-corrected chi connectivity index (χ4v) is 3.04. The molecule has 1 aromatic rings. The van der Waals surface area contributed by atoms with E-state index in [1.165, 1.54) is 17.3 Å². The van der Waals surface area contributed by atoms with Crippen LogP contribution in [0, 0.1) is 6.92 Å². The molecule has 0 radical (unpaired) electrons. The minimum Gasteiger partial charge on any atom is -0.293 e. The molecule has 0 spiro atoms. The van der Waals surface area contributed by atoms with Crippen LogP contribution in [0.5, 0.6) is 0 Å². The number of thiocarbonyl (C=S) groups is 1. The summed E-state index contributed by atoms with van der Waals surface area (Å²) in [5.41, 5.74) is 2.25. The van der Waals surface area contributed by atoms with Gasteiger partial charge < -0.3 is 0 Å². The molecular formula is C14H15NOS2. The summed E-state index contributed by atoms with van der Waals surface area (Å²) in [6, 6.07) is 8.11. The van der Waals surface area contributed by atoms with Crippen LogP contribution in [0.25, 0.3) is 6.08 Å². The van der Waals surface area contributed by atoms with Crippen molar-refractivity contribution in [1.82, 2.24) is 4.90 Å². The fraction of sp³-hybridized carbons (Fsp3) is 0.286. The molecule has 1 fully saturated rings. The predicted octanol–water partition coefficient (Wildman–Crippen LogP) is 3.61. The lowest BCUT2D eigenvalue weighted by Gasteiger charge is -2.11. The molecule has 2 nitrogen and oxygen atoms in total. The van der Waals surface area contributed by atoms with Crippen molar-refractivity contribution in [3.05, 3.63) is 40.3 Å². The van der Waals surface area contributed by atoms with Crippen LogP contribution in [0.3, 0.4) is 0 Å². The van der Waals surface area contributed by atoms with E-state index in [0.717, 1.165) is 16.9 Å². The van der Waals surface area contributed by atoms with E-state index in [4.69, 9.17) is 12.2 Å². The lowest BCUT2D eigenvalue weighted by Crippen LogP contribution is -2.28. The van der Waals surface area contributed by atoms with Crippen molar-refractivity contribution in [2.75, 3.05) is 6.54 Å². The van der Waals surface area contributed by atoms with Crippen LogP contribution in [0.2, 0.25) is 0 Å². The number of carbonyl (C=O) groups is 1. The van der Waals surface area contributed by atoms with Crippen molar-refractivity contribution in [3.8, 4) is 0 Å². The second kappa shape index (κ2) is 5.67. The number of benzene rings is 1. The smallest absolute Gasteiger partial charge is 0.266 e. The second-order valence-electron chi connectivity index (χ2n) is 4.24. The van der Waals surface area contributed by atoms with E-state index in [1.807, 2.05) is 44.2 Å². The molecule has 1 saturated heterocycles. The molecule has 0 bridgehead atoms. The highest BCUT2D eigenvalue weighted by molar-refractivity contribution is 8.26. The van der Waals surface area contributed by atoms with E-state index in [9.17, 15) is 4.79 Å². The van der Waals surface area contributed by atoms with E-state index in [2.05, 4.69) is 0 Å². The fourth-order valence-electron chi connectivity index (χ4n) is 1.73. The normalized spacial score (nSPS) is 17.9. The summed E-state index contributed by atoms with van der Waals surface area (Å²) in [7, 11) is 0. The number of hydrogen-bond acceptors (Lipinski definition) is 3. The second-order valence-corrected chi connectivity index (χ2v) is 5.92. The quantitative estimate of drug-likeness (QED) is 0.622. The maximum Gasteiger partial charge on any atom is 0.266 e. The van der Waals surface area contributed by atoms with Gasteiger partial charge in [0.1, 0.15) is 4.32 Å². The summed E-state index contributed by atoms with van der Waals surface area (Å²) in [6.07, 6.45) is 2.83. The third kappa shape index (κ3) is 2.82. The van der Waals surface area contributed by atoms with Gasteiger partial charge in [-0.3, -0.25) is 9.69 Å². The summed E-state index contributed by atoms with van der Waals surface area (Å²) >= 11 is 6.61. The van der Waals surface area contributed by atoms with Gasteiger partial charge in [0.05, 0.1) is 4.91 Å². The first-order chi connectivity index (χ1) is 8.61.